The summed E-state index contributed by atoms with van der Waals surface area (Å²) in [6.45, 7) is 1.50. The van der Waals surface area contributed by atoms with Crippen molar-refractivity contribution in [3.63, 3.8) is 0 Å². The van der Waals surface area contributed by atoms with Crippen LogP contribution in [0.2, 0.25) is 0 Å². The minimum atomic E-state index is -0.915. The van der Waals surface area contributed by atoms with Crippen molar-refractivity contribution < 1.29 is 29.4 Å². The maximum absolute atomic E-state index is 13.8. The number of hydrogen-bond donors (Lipinski definition) is 10. The van der Waals surface area contributed by atoms with E-state index in [1.807, 2.05) is 43.4 Å². The van der Waals surface area contributed by atoms with Gasteiger partial charge in [-0.1, -0.05) is 30.3 Å². The van der Waals surface area contributed by atoms with Gasteiger partial charge >= 0.3 is 0 Å². The number of unbranched alkanes of at least 4 members (excludes halogenated alkanes) is 1. The number of likely N-dealkylation sites (N-methyl/N-ethyl adjacent to an activating group) is 3. The Morgan fingerprint density at radius 1 is 0.860 bits per heavy atom. The van der Waals surface area contributed by atoms with Crippen molar-refractivity contribution >= 4 is 23.6 Å². The first kappa shape index (κ1) is 40.4. The van der Waals surface area contributed by atoms with Crippen molar-refractivity contribution in [2.75, 3.05) is 54.4 Å². The van der Waals surface area contributed by atoms with Crippen molar-refractivity contribution in [1.29, 1.82) is 0 Å². The van der Waals surface area contributed by atoms with Gasteiger partial charge in [0.1, 0.15) is 17.8 Å². The van der Waals surface area contributed by atoms with Crippen LogP contribution >= 0.6 is 0 Å². The van der Waals surface area contributed by atoms with Gasteiger partial charge in [-0.15, -0.1) is 0 Å². The van der Waals surface area contributed by atoms with Gasteiger partial charge in [0.15, 0.2) is 0 Å². The first-order valence-electron chi connectivity index (χ1n) is 17.5. The lowest BCUT2D eigenvalue weighted by Crippen LogP contribution is -2.57. The quantitative estimate of drug-likeness (QED) is 0.0941. The lowest BCUT2D eigenvalue weighted by molar-refractivity contribution is -0.132. The Morgan fingerprint density at radius 3 is 2.36 bits per heavy atom. The Labute approximate surface area is 295 Å². The normalized spacial score (nSPS) is 19.3. The fourth-order valence-corrected chi connectivity index (χ4v) is 5.96. The fraction of sp³-hybridized carbons (Fsp3) is 0.556. The van der Waals surface area contributed by atoms with Crippen LogP contribution in [-0.2, 0) is 32.0 Å². The van der Waals surface area contributed by atoms with Crippen LogP contribution in [-0.4, -0.2) is 118 Å². The van der Waals surface area contributed by atoms with Crippen LogP contribution in [0, 0.1) is 0 Å². The Morgan fingerprint density at radius 2 is 1.64 bits per heavy atom. The molecule has 0 aliphatic carbocycles. The molecular weight excluding hydrogens is 640 g/mol. The maximum Gasteiger partial charge on any atom is 0.243 e. The lowest BCUT2D eigenvalue weighted by atomic mass is 9.96. The number of hydrogen-bond acceptors (Lipinski definition) is 10. The Kier molecular flexibility index (Phi) is 17.1. The van der Waals surface area contributed by atoms with E-state index in [1.54, 1.807) is 27.2 Å². The highest BCUT2D eigenvalue weighted by Gasteiger charge is 2.29. The lowest BCUT2D eigenvalue weighted by Gasteiger charge is -2.25. The molecule has 276 valence electrons. The van der Waals surface area contributed by atoms with E-state index in [2.05, 4.69) is 42.5 Å². The van der Waals surface area contributed by atoms with Crippen LogP contribution in [0.15, 0.2) is 42.5 Å². The van der Waals surface area contributed by atoms with E-state index >= 15 is 0 Å². The molecule has 0 radical (unpaired) electrons. The minimum absolute atomic E-state index is 0.0760. The second kappa shape index (κ2) is 21.2. The van der Waals surface area contributed by atoms with Crippen molar-refractivity contribution in [3.8, 4) is 16.9 Å². The molecule has 4 amide bonds. The van der Waals surface area contributed by atoms with Gasteiger partial charge in [0.25, 0.3) is 0 Å². The van der Waals surface area contributed by atoms with Crippen LogP contribution in [0.5, 0.6) is 5.75 Å². The van der Waals surface area contributed by atoms with Gasteiger partial charge < -0.3 is 52.7 Å². The standard InChI is InChI=1S/C36H56N8O6/c1-37-15-8-12-29-35(49)44-31(34(48)41-16-6-5-11-28(39-3)33(47)42-22-27(45)21-38-2)18-23-9-7-10-24(17-23)25-13-14-32(46)26(19-25)20-30(40-4)36(50)43-29/h7,9-10,13-14,17,19,27-31,37-40,45-46H,5-6,8,11-12,15-16,18,20-22H2,1-4H3,(H,41,48)(H,42,47)(H,43,50)(H,44,49)/t27?,28-,29-,30-,31-/m0/s1. The van der Waals surface area contributed by atoms with E-state index in [1.165, 1.54) is 0 Å². The zero-order valence-corrected chi connectivity index (χ0v) is 29.7. The van der Waals surface area contributed by atoms with Gasteiger partial charge in [-0.05, 0) is 101 Å². The summed E-state index contributed by atoms with van der Waals surface area (Å²) in [4.78, 5) is 53.4. The smallest absolute Gasteiger partial charge is 0.243 e. The van der Waals surface area contributed by atoms with E-state index in [0.717, 1.165) is 16.7 Å². The highest BCUT2D eigenvalue weighted by Crippen LogP contribution is 2.28. The number of benzene rings is 2. The number of nitrogens with one attached hydrogen (secondary N) is 8. The van der Waals surface area contributed by atoms with Crippen molar-refractivity contribution in [2.24, 2.45) is 0 Å². The molecule has 0 spiro atoms. The van der Waals surface area contributed by atoms with Crippen LogP contribution in [0.1, 0.15) is 43.2 Å². The summed E-state index contributed by atoms with van der Waals surface area (Å²) in [5, 5.41) is 44.0. The molecule has 1 heterocycles. The molecule has 5 atom stereocenters. The summed E-state index contributed by atoms with van der Waals surface area (Å²) in [7, 11) is 6.90. The number of rotatable bonds is 17. The molecule has 14 nitrogen and oxygen atoms in total. The highest BCUT2D eigenvalue weighted by atomic mass is 16.3. The summed E-state index contributed by atoms with van der Waals surface area (Å²) >= 11 is 0. The molecule has 2 aromatic rings. The largest absolute Gasteiger partial charge is 0.508 e. The van der Waals surface area contributed by atoms with E-state index in [-0.39, 0.29) is 42.9 Å². The molecule has 1 unspecified atom stereocenters. The van der Waals surface area contributed by atoms with E-state index in [9.17, 15) is 29.4 Å². The highest BCUT2D eigenvalue weighted by molar-refractivity contribution is 5.93. The molecule has 0 saturated carbocycles. The number of aliphatic hydroxyl groups excluding tert-OH is 1. The predicted octanol–water partition coefficient (Wildman–Crippen LogP) is -0.714. The van der Waals surface area contributed by atoms with Crippen molar-refractivity contribution in [1.82, 2.24) is 42.5 Å². The number of phenolic OH excluding ortho intramolecular Hbond substituents is 1. The number of carbonyl (C=O) groups excluding carboxylic acids is 4. The third-order valence-corrected chi connectivity index (χ3v) is 8.89. The number of phenols is 1. The Balaban J connectivity index is 1.77. The number of aliphatic hydroxyl groups is 1. The minimum Gasteiger partial charge on any atom is -0.508 e. The molecule has 1 aliphatic heterocycles. The summed E-state index contributed by atoms with van der Waals surface area (Å²) in [6, 6.07) is 10.0. The SMILES string of the molecule is CNCCC[C@@H]1NC(=O)[C@@H](NC)Cc2cc(ccc2O)-c2cccc(c2)C[C@@H](C(=O)NCCCC[C@H](NC)C(=O)NCC(O)CNC)NC1=O. The van der Waals surface area contributed by atoms with Crippen LogP contribution in [0.25, 0.3) is 11.1 Å². The zero-order chi connectivity index (χ0) is 36.5. The van der Waals surface area contributed by atoms with Crippen LogP contribution in [0.3, 0.4) is 0 Å². The van der Waals surface area contributed by atoms with E-state index < -0.39 is 36.2 Å². The second-order valence-corrected chi connectivity index (χ2v) is 12.7. The molecule has 14 heteroatoms. The van der Waals surface area contributed by atoms with Crippen LogP contribution < -0.4 is 42.5 Å². The average molecular weight is 697 g/mol. The van der Waals surface area contributed by atoms with Gasteiger partial charge in [-0.3, -0.25) is 19.2 Å². The molecule has 4 bridgehead atoms. The molecule has 10 N–H and O–H groups in total. The monoisotopic (exact) mass is 696 g/mol. The van der Waals surface area contributed by atoms with Crippen molar-refractivity contribution in [2.45, 2.75) is 75.2 Å². The number of amides is 4. The summed E-state index contributed by atoms with van der Waals surface area (Å²) in [5.74, 6) is -1.32. The molecule has 0 fully saturated rings. The van der Waals surface area contributed by atoms with Crippen LogP contribution in [0.4, 0.5) is 0 Å². The molecule has 0 saturated heterocycles. The number of fused-ring (bicyclic) bond motifs is 5. The van der Waals surface area contributed by atoms with Gasteiger partial charge in [0.2, 0.25) is 23.6 Å². The fourth-order valence-electron chi connectivity index (χ4n) is 5.96. The number of carbonyl (C=O) groups is 4. The maximum atomic E-state index is 13.8. The van der Waals surface area contributed by atoms with E-state index in [4.69, 9.17) is 0 Å². The summed E-state index contributed by atoms with van der Waals surface area (Å²) < 4.78 is 0. The molecule has 0 aromatic heterocycles. The first-order valence-corrected chi connectivity index (χ1v) is 17.5. The van der Waals surface area contributed by atoms with Gasteiger partial charge in [-0.2, -0.15) is 0 Å². The molecular formula is C36H56N8O6. The Bertz CT molecular complexity index is 1410. The number of aromatic hydroxyl groups is 1. The Hall–Kier alpha value is -4.08. The van der Waals surface area contributed by atoms with Gasteiger partial charge in [0.05, 0.1) is 18.2 Å². The summed E-state index contributed by atoms with van der Waals surface area (Å²) in [6.07, 6.45) is 2.50. The third-order valence-electron chi connectivity index (χ3n) is 8.89. The molecule has 3 rings (SSSR count). The topological polar surface area (TPSA) is 205 Å². The third kappa shape index (κ3) is 12.7. The first-order chi connectivity index (χ1) is 24.1. The van der Waals surface area contributed by atoms with Crippen molar-refractivity contribution in [3.05, 3.63) is 53.6 Å². The van der Waals surface area contributed by atoms with Gasteiger partial charge in [-0.25, -0.2) is 0 Å². The van der Waals surface area contributed by atoms with E-state index in [0.29, 0.717) is 57.3 Å². The van der Waals surface area contributed by atoms with Gasteiger partial charge in [0, 0.05) is 32.5 Å². The zero-order valence-electron chi connectivity index (χ0n) is 29.7. The average Bonchev–Trinajstić information content (AvgIpc) is 3.10. The predicted molar refractivity (Wildman–Crippen MR) is 193 cm³/mol. The molecule has 1 aliphatic rings. The second-order valence-electron chi connectivity index (χ2n) is 12.7. The molecule has 50 heavy (non-hydrogen) atoms. The summed E-state index contributed by atoms with van der Waals surface area (Å²) in [5.41, 5.74) is 3.15. The molecule has 2 aromatic carbocycles.